The number of benzene rings is 2. The van der Waals surface area contributed by atoms with E-state index in [2.05, 4.69) is 33.0 Å². The Morgan fingerprint density at radius 3 is 2.69 bits per heavy atom. The van der Waals surface area contributed by atoms with Gasteiger partial charge >= 0.3 is 0 Å². The number of aromatic nitrogens is 1. The van der Waals surface area contributed by atoms with Crippen LogP contribution in [0.3, 0.4) is 0 Å². The number of pyridine rings is 1. The summed E-state index contributed by atoms with van der Waals surface area (Å²) in [6.07, 6.45) is 2.79. The van der Waals surface area contributed by atoms with Crippen molar-refractivity contribution in [2.75, 3.05) is 18.1 Å². The fraction of sp³-hybridized carbons (Fsp3) is 0.238. The summed E-state index contributed by atoms with van der Waals surface area (Å²) in [6.45, 7) is 3.05. The van der Waals surface area contributed by atoms with Gasteiger partial charge < -0.3 is 4.74 Å². The first kappa shape index (κ1) is 18.4. The van der Waals surface area contributed by atoms with Crippen LogP contribution in [-0.4, -0.2) is 24.0 Å². The zero-order valence-corrected chi connectivity index (χ0v) is 16.3. The summed E-state index contributed by atoms with van der Waals surface area (Å²) in [4.78, 5) is 18.5. The zero-order valence-electron chi connectivity index (χ0n) is 14.7. The van der Waals surface area contributed by atoms with Gasteiger partial charge in [-0.15, -0.1) is 0 Å². The van der Waals surface area contributed by atoms with Gasteiger partial charge in [-0.3, -0.25) is 9.69 Å². The van der Waals surface area contributed by atoms with Gasteiger partial charge in [-0.2, -0.15) is 0 Å². The maximum Gasteiger partial charge on any atom is 0.228 e. The smallest absolute Gasteiger partial charge is 0.228 e. The number of ether oxygens (including phenoxy) is 1. The summed E-state index contributed by atoms with van der Waals surface area (Å²) in [5.41, 5.74) is 0. The molecule has 4 nitrogen and oxygen atoms in total. The molecule has 0 saturated carbocycles. The minimum absolute atomic E-state index is 0.0591. The molecule has 0 unspecified atom stereocenters. The monoisotopic (exact) mass is 412 g/mol. The molecule has 0 N–H and O–H groups in total. The van der Waals surface area contributed by atoms with Crippen LogP contribution in [0.2, 0.25) is 0 Å². The van der Waals surface area contributed by atoms with Crippen LogP contribution >= 0.6 is 15.9 Å². The first-order valence-electron chi connectivity index (χ1n) is 8.71. The maximum absolute atomic E-state index is 12.5. The van der Waals surface area contributed by atoms with E-state index in [-0.39, 0.29) is 5.91 Å². The molecular weight excluding hydrogens is 392 g/mol. The van der Waals surface area contributed by atoms with Crippen molar-refractivity contribution in [3.05, 3.63) is 65.3 Å². The fourth-order valence-electron chi connectivity index (χ4n) is 2.86. The summed E-state index contributed by atoms with van der Waals surface area (Å²) in [7, 11) is 0. The van der Waals surface area contributed by atoms with Crippen LogP contribution in [0.25, 0.3) is 10.8 Å². The lowest BCUT2D eigenvalue weighted by molar-refractivity contribution is -0.118. The third-order valence-corrected chi connectivity index (χ3v) is 4.62. The first-order valence-corrected chi connectivity index (χ1v) is 9.51. The molecule has 0 radical (unpaired) electrons. The Bertz CT molecular complexity index is 875. The molecule has 26 heavy (non-hydrogen) atoms. The quantitative estimate of drug-likeness (QED) is 0.500. The number of halogens is 1. The van der Waals surface area contributed by atoms with Crippen LogP contribution in [-0.2, 0) is 4.79 Å². The van der Waals surface area contributed by atoms with Crippen LogP contribution in [0.4, 0.5) is 5.82 Å². The minimum atomic E-state index is 0.0591. The van der Waals surface area contributed by atoms with E-state index in [9.17, 15) is 4.79 Å². The molecule has 0 bridgehead atoms. The van der Waals surface area contributed by atoms with Crippen LogP contribution in [0, 0.1) is 0 Å². The summed E-state index contributed by atoms with van der Waals surface area (Å²) in [5, 5.41) is 2.25. The number of amides is 1. The predicted octanol–water partition coefficient (Wildman–Crippen LogP) is 5.21. The van der Waals surface area contributed by atoms with Gasteiger partial charge in [-0.1, -0.05) is 36.4 Å². The summed E-state index contributed by atoms with van der Waals surface area (Å²) < 4.78 is 6.81. The Labute approximate surface area is 161 Å². The van der Waals surface area contributed by atoms with Gasteiger partial charge in [0.15, 0.2) is 0 Å². The van der Waals surface area contributed by atoms with Crippen LogP contribution < -0.4 is 9.64 Å². The van der Waals surface area contributed by atoms with Crippen LogP contribution in [0.5, 0.6) is 5.75 Å². The molecule has 0 aliphatic heterocycles. The molecule has 3 rings (SSSR count). The van der Waals surface area contributed by atoms with Crippen molar-refractivity contribution < 1.29 is 9.53 Å². The Balaban J connectivity index is 1.55. The minimum Gasteiger partial charge on any atom is -0.493 e. The Morgan fingerprint density at radius 2 is 1.92 bits per heavy atom. The molecular formula is C21H21BrN2O2. The number of hydrogen-bond donors (Lipinski definition) is 0. The molecule has 1 heterocycles. The SMILES string of the molecule is CCN(C(=O)CCCOc1cccc2ccccc12)c1ccc(Br)cn1. The van der Waals surface area contributed by atoms with Crippen molar-refractivity contribution in [1.82, 2.24) is 4.98 Å². The largest absolute Gasteiger partial charge is 0.493 e. The lowest BCUT2D eigenvalue weighted by Gasteiger charge is -2.20. The van der Waals surface area contributed by atoms with Crippen molar-refractivity contribution in [1.29, 1.82) is 0 Å². The van der Waals surface area contributed by atoms with Gasteiger partial charge in [0, 0.05) is 29.0 Å². The standard InChI is InChI=1S/C21H21BrN2O2/c1-2-24(20-13-12-17(22)15-23-20)21(25)11-6-14-26-19-10-5-8-16-7-3-4-9-18(16)19/h3-5,7-10,12-13,15H,2,6,11,14H2,1H3. The van der Waals surface area contributed by atoms with Crippen molar-refractivity contribution in [2.45, 2.75) is 19.8 Å². The molecule has 3 aromatic rings. The highest BCUT2D eigenvalue weighted by Crippen LogP contribution is 2.25. The van der Waals surface area contributed by atoms with Gasteiger partial charge in [0.1, 0.15) is 11.6 Å². The second kappa shape index (κ2) is 8.81. The number of fused-ring (bicyclic) bond motifs is 1. The van der Waals surface area contributed by atoms with Gasteiger partial charge in [0.25, 0.3) is 0 Å². The van der Waals surface area contributed by atoms with Crippen molar-refractivity contribution >= 4 is 38.4 Å². The Morgan fingerprint density at radius 1 is 1.12 bits per heavy atom. The number of hydrogen-bond acceptors (Lipinski definition) is 3. The third-order valence-electron chi connectivity index (χ3n) is 4.15. The molecule has 0 aliphatic rings. The molecule has 5 heteroatoms. The molecule has 2 aromatic carbocycles. The van der Waals surface area contributed by atoms with E-state index in [1.54, 1.807) is 11.1 Å². The molecule has 0 saturated heterocycles. The lowest BCUT2D eigenvalue weighted by atomic mass is 10.1. The van der Waals surface area contributed by atoms with Crippen molar-refractivity contribution in [3.8, 4) is 5.75 Å². The van der Waals surface area contributed by atoms with Gasteiger partial charge in [-0.05, 0) is 52.9 Å². The van der Waals surface area contributed by atoms with Gasteiger partial charge in [0.05, 0.1) is 6.61 Å². The van der Waals surface area contributed by atoms with Crippen molar-refractivity contribution in [2.24, 2.45) is 0 Å². The van der Waals surface area contributed by atoms with E-state index in [0.717, 1.165) is 21.0 Å². The highest BCUT2D eigenvalue weighted by atomic mass is 79.9. The maximum atomic E-state index is 12.5. The molecule has 0 fully saturated rings. The highest BCUT2D eigenvalue weighted by molar-refractivity contribution is 9.10. The molecule has 0 aliphatic carbocycles. The average Bonchev–Trinajstić information content (AvgIpc) is 2.67. The summed E-state index contributed by atoms with van der Waals surface area (Å²) in [5.74, 6) is 1.59. The number of carbonyl (C=O) groups is 1. The second-order valence-electron chi connectivity index (χ2n) is 5.90. The van der Waals surface area contributed by atoms with E-state index in [1.165, 1.54) is 0 Å². The van der Waals surface area contributed by atoms with E-state index in [4.69, 9.17) is 4.74 Å². The second-order valence-corrected chi connectivity index (χ2v) is 6.82. The van der Waals surface area contributed by atoms with Crippen molar-refractivity contribution in [3.63, 3.8) is 0 Å². The van der Waals surface area contributed by atoms with E-state index >= 15 is 0 Å². The van der Waals surface area contributed by atoms with Crippen LogP contribution in [0.15, 0.2) is 65.3 Å². The molecule has 0 atom stereocenters. The number of carbonyl (C=O) groups excluding carboxylic acids is 1. The van der Waals surface area contributed by atoms with E-state index in [0.29, 0.717) is 31.8 Å². The fourth-order valence-corrected chi connectivity index (χ4v) is 3.09. The first-order chi connectivity index (χ1) is 12.7. The number of rotatable bonds is 7. The molecule has 1 aromatic heterocycles. The van der Waals surface area contributed by atoms with E-state index in [1.807, 2.05) is 49.4 Å². The number of anilines is 1. The normalized spacial score (nSPS) is 10.7. The summed E-state index contributed by atoms with van der Waals surface area (Å²) >= 11 is 3.36. The molecule has 134 valence electrons. The molecule has 0 spiro atoms. The average molecular weight is 413 g/mol. The third kappa shape index (κ3) is 4.41. The van der Waals surface area contributed by atoms with E-state index < -0.39 is 0 Å². The molecule has 1 amide bonds. The van der Waals surface area contributed by atoms with Crippen LogP contribution in [0.1, 0.15) is 19.8 Å². The zero-order chi connectivity index (χ0) is 18.4. The Kier molecular flexibility index (Phi) is 6.23. The van der Waals surface area contributed by atoms with Gasteiger partial charge in [0.2, 0.25) is 5.91 Å². The topological polar surface area (TPSA) is 42.4 Å². The Hall–Kier alpha value is -2.40. The number of nitrogens with zero attached hydrogens (tertiary/aromatic N) is 2. The lowest BCUT2D eigenvalue weighted by Crippen LogP contribution is -2.31. The summed E-state index contributed by atoms with van der Waals surface area (Å²) in [6, 6.07) is 17.9. The predicted molar refractivity (Wildman–Crippen MR) is 109 cm³/mol. The highest BCUT2D eigenvalue weighted by Gasteiger charge is 2.14. The van der Waals surface area contributed by atoms with Gasteiger partial charge in [-0.25, -0.2) is 4.98 Å².